The standard InChI is InChI=1S/C24H32N6O2/c1-16-9-8-10-17(2)29(16)13-6-3-7-14-30-19-12-5-4-11-18(19)28-21(24(30)31)20-15-27-23(32-20)22(25)26/h4-5,11-12,15-17H,3,6-10,13-14H2,1-2H3,(H3,25,26)/t16-,17+. The molecule has 3 heterocycles. The molecule has 4 rings (SSSR count). The topological polar surface area (TPSA) is 114 Å². The highest BCUT2D eigenvalue weighted by molar-refractivity contribution is 5.90. The van der Waals surface area contributed by atoms with E-state index in [2.05, 4.69) is 28.7 Å². The molecule has 1 aliphatic heterocycles. The van der Waals surface area contributed by atoms with Crippen LogP contribution in [0, 0.1) is 5.41 Å². The minimum atomic E-state index is -0.283. The summed E-state index contributed by atoms with van der Waals surface area (Å²) in [4.78, 5) is 24.4. The van der Waals surface area contributed by atoms with Crippen LogP contribution < -0.4 is 11.3 Å². The van der Waals surface area contributed by atoms with E-state index < -0.39 is 0 Å². The van der Waals surface area contributed by atoms with E-state index in [4.69, 9.17) is 15.6 Å². The lowest BCUT2D eigenvalue weighted by Crippen LogP contribution is -2.44. The van der Waals surface area contributed by atoms with E-state index in [1.807, 2.05) is 24.3 Å². The maximum atomic E-state index is 13.3. The summed E-state index contributed by atoms with van der Waals surface area (Å²) in [6, 6.07) is 8.95. The van der Waals surface area contributed by atoms with Gasteiger partial charge in [-0.2, -0.15) is 0 Å². The lowest BCUT2D eigenvalue weighted by atomic mass is 9.97. The highest BCUT2D eigenvalue weighted by atomic mass is 16.4. The third-order valence-corrected chi connectivity index (χ3v) is 6.50. The zero-order valence-electron chi connectivity index (χ0n) is 18.9. The Hall–Kier alpha value is -3.00. The molecule has 0 unspecified atom stereocenters. The number of unbranched alkanes of at least 4 members (excludes halogenated alkanes) is 2. The molecule has 1 saturated heterocycles. The number of hydrogen-bond acceptors (Lipinski definition) is 6. The minimum Gasteiger partial charge on any atom is -0.432 e. The van der Waals surface area contributed by atoms with Crippen LogP contribution in [0.5, 0.6) is 0 Å². The van der Waals surface area contributed by atoms with Crippen molar-refractivity contribution in [1.29, 1.82) is 5.41 Å². The summed E-state index contributed by atoms with van der Waals surface area (Å²) in [6.07, 6.45) is 8.42. The summed E-state index contributed by atoms with van der Waals surface area (Å²) in [7, 11) is 0. The quantitative estimate of drug-likeness (QED) is 0.316. The molecule has 0 aliphatic carbocycles. The number of nitrogens with one attached hydrogen (secondary N) is 1. The Morgan fingerprint density at radius 2 is 1.88 bits per heavy atom. The first-order valence-electron chi connectivity index (χ1n) is 11.5. The highest BCUT2D eigenvalue weighted by Gasteiger charge is 2.23. The fourth-order valence-electron chi connectivity index (χ4n) is 4.74. The van der Waals surface area contributed by atoms with E-state index in [1.165, 1.54) is 25.5 Å². The van der Waals surface area contributed by atoms with Gasteiger partial charge in [0.25, 0.3) is 11.4 Å². The van der Waals surface area contributed by atoms with Gasteiger partial charge in [-0.15, -0.1) is 0 Å². The van der Waals surface area contributed by atoms with Crippen molar-refractivity contribution in [3.63, 3.8) is 0 Å². The summed E-state index contributed by atoms with van der Waals surface area (Å²) in [5.41, 5.74) is 6.96. The molecule has 8 nitrogen and oxygen atoms in total. The number of amidine groups is 1. The Labute approximate surface area is 188 Å². The van der Waals surface area contributed by atoms with Gasteiger partial charge in [-0.25, -0.2) is 9.97 Å². The summed E-state index contributed by atoms with van der Waals surface area (Å²) in [5.74, 6) is -0.0652. The van der Waals surface area contributed by atoms with Crippen LogP contribution in [0.15, 0.2) is 39.7 Å². The number of para-hydroxylation sites is 2. The van der Waals surface area contributed by atoms with E-state index in [0.717, 1.165) is 36.8 Å². The molecule has 1 fully saturated rings. The van der Waals surface area contributed by atoms with Crippen LogP contribution in [0.3, 0.4) is 0 Å². The van der Waals surface area contributed by atoms with Crippen molar-refractivity contribution < 1.29 is 4.42 Å². The van der Waals surface area contributed by atoms with Gasteiger partial charge in [-0.05, 0) is 58.2 Å². The van der Waals surface area contributed by atoms with Crippen molar-refractivity contribution in [2.75, 3.05) is 6.54 Å². The van der Waals surface area contributed by atoms with Crippen LogP contribution in [-0.2, 0) is 6.54 Å². The second-order valence-corrected chi connectivity index (χ2v) is 8.78. The number of oxazole rings is 1. The largest absolute Gasteiger partial charge is 0.432 e. The average Bonchev–Trinajstić information content (AvgIpc) is 3.27. The molecule has 1 aromatic carbocycles. The second-order valence-electron chi connectivity index (χ2n) is 8.78. The molecule has 0 spiro atoms. The van der Waals surface area contributed by atoms with Gasteiger partial charge in [0.2, 0.25) is 0 Å². The molecule has 2 aromatic heterocycles. The Morgan fingerprint density at radius 1 is 1.16 bits per heavy atom. The Bertz CT molecular complexity index is 1140. The number of nitrogens with zero attached hydrogens (tertiary/aromatic N) is 4. The summed E-state index contributed by atoms with van der Waals surface area (Å²) < 4.78 is 7.28. The Balaban J connectivity index is 1.49. The third kappa shape index (κ3) is 4.60. The van der Waals surface area contributed by atoms with Crippen molar-refractivity contribution in [2.24, 2.45) is 5.73 Å². The van der Waals surface area contributed by atoms with Crippen LogP contribution in [0.1, 0.15) is 58.3 Å². The smallest absolute Gasteiger partial charge is 0.280 e. The zero-order valence-corrected chi connectivity index (χ0v) is 18.9. The molecule has 1 aliphatic rings. The Morgan fingerprint density at radius 3 is 2.59 bits per heavy atom. The normalized spacial score (nSPS) is 19.4. The molecular formula is C24H32N6O2. The van der Waals surface area contributed by atoms with Crippen molar-refractivity contribution >= 4 is 16.9 Å². The summed E-state index contributed by atoms with van der Waals surface area (Å²) in [5, 5.41) is 7.48. The fourth-order valence-corrected chi connectivity index (χ4v) is 4.74. The van der Waals surface area contributed by atoms with E-state index in [9.17, 15) is 4.79 Å². The van der Waals surface area contributed by atoms with Gasteiger partial charge in [0.15, 0.2) is 17.3 Å². The Kier molecular flexibility index (Phi) is 6.69. The predicted molar refractivity (Wildman–Crippen MR) is 126 cm³/mol. The number of nitrogens with two attached hydrogens (primary N) is 1. The average molecular weight is 437 g/mol. The van der Waals surface area contributed by atoms with E-state index in [1.54, 1.807) is 4.57 Å². The van der Waals surface area contributed by atoms with Crippen LogP contribution in [0.25, 0.3) is 22.5 Å². The van der Waals surface area contributed by atoms with E-state index >= 15 is 0 Å². The third-order valence-electron chi connectivity index (χ3n) is 6.50. The number of likely N-dealkylation sites (tertiary alicyclic amines) is 1. The molecule has 170 valence electrons. The number of nitrogen functional groups attached to an aromatic ring is 1. The van der Waals surface area contributed by atoms with Gasteiger partial charge < -0.3 is 14.7 Å². The van der Waals surface area contributed by atoms with Gasteiger partial charge in [0.05, 0.1) is 17.2 Å². The number of fused-ring (bicyclic) bond motifs is 1. The molecule has 0 bridgehead atoms. The molecule has 32 heavy (non-hydrogen) atoms. The SMILES string of the molecule is C[C@@H]1CCC[C@H](C)N1CCCCCn1c(=O)c(-c2cnc(C(=N)N)o2)nc2ccccc21. The number of rotatable bonds is 8. The molecule has 0 saturated carbocycles. The van der Waals surface area contributed by atoms with Gasteiger partial charge in [-0.3, -0.25) is 15.1 Å². The van der Waals surface area contributed by atoms with Gasteiger partial charge in [0.1, 0.15) is 0 Å². The summed E-state index contributed by atoms with van der Waals surface area (Å²) >= 11 is 0. The number of piperidine rings is 1. The molecule has 2 atom stereocenters. The maximum Gasteiger partial charge on any atom is 0.280 e. The highest BCUT2D eigenvalue weighted by Crippen LogP contribution is 2.23. The first-order chi connectivity index (χ1) is 15.5. The van der Waals surface area contributed by atoms with Gasteiger partial charge in [0, 0.05) is 18.6 Å². The molecular weight excluding hydrogens is 404 g/mol. The molecule has 0 radical (unpaired) electrons. The molecule has 0 amide bonds. The van der Waals surface area contributed by atoms with Crippen molar-refractivity contribution in [3.8, 4) is 11.5 Å². The first kappa shape index (κ1) is 22.2. The monoisotopic (exact) mass is 436 g/mol. The number of aromatic nitrogens is 3. The predicted octanol–water partition coefficient (Wildman–Crippen LogP) is 3.77. The number of hydrogen-bond donors (Lipinski definition) is 2. The van der Waals surface area contributed by atoms with Crippen LogP contribution in [-0.4, -0.2) is 43.9 Å². The maximum absolute atomic E-state index is 13.3. The zero-order chi connectivity index (χ0) is 22.7. The van der Waals surface area contributed by atoms with Gasteiger partial charge >= 0.3 is 0 Å². The van der Waals surface area contributed by atoms with Crippen molar-refractivity contribution in [1.82, 2.24) is 19.4 Å². The molecule has 3 aromatic rings. The van der Waals surface area contributed by atoms with Crippen molar-refractivity contribution in [3.05, 3.63) is 46.7 Å². The molecule has 3 N–H and O–H groups in total. The second kappa shape index (κ2) is 9.65. The van der Waals surface area contributed by atoms with Crippen LogP contribution in [0.4, 0.5) is 0 Å². The number of benzene rings is 1. The number of aryl methyl sites for hydroxylation is 1. The first-order valence-corrected chi connectivity index (χ1v) is 11.5. The van der Waals surface area contributed by atoms with E-state index in [-0.39, 0.29) is 28.7 Å². The van der Waals surface area contributed by atoms with Crippen LogP contribution in [0.2, 0.25) is 0 Å². The minimum absolute atomic E-state index is 0.0120. The van der Waals surface area contributed by atoms with Crippen LogP contribution >= 0.6 is 0 Å². The van der Waals surface area contributed by atoms with Gasteiger partial charge in [-0.1, -0.05) is 25.0 Å². The molecule has 8 heteroatoms. The van der Waals surface area contributed by atoms with Crippen molar-refractivity contribution in [2.45, 2.75) is 71.0 Å². The van der Waals surface area contributed by atoms with E-state index in [0.29, 0.717) is 18.6 Å². The lowest BCUT2D eigenvalue weighted by Gasteiger charge is -2.39. The summed E-state index contributed by atoms with van der Waals surface area (Å²) in [6.45, 7) is 6.40. The lowest BCUT2D eigenvalue weighted by molar-refractivity contribution is 0.101. The fraction of sp³-hybridized carbons (Fsp3) is 0.500.